The normalized spacial score (nSPS) is 21.0. The quantitative estimate of drug-likeness (QED) is 0.648. The molecule has 2 aromatic heterocycles. The van der Waals surface area contributed by atoms with Gasteiger partial charge < -0.3 is 10.3 Å². The second-order valence-corrected chi connectivity index (χ2v) is 5.54. The highest BCUT2D eigenvalue weighted by Crippen LogP contribution is 2.37. The molecular formula is C15H14ClN5. The Hall–Kier alpha value is -2.24. The third kappa shape index (κ3) is 2.20. The minimum atomic E-state index is 0.102. The van der Waals surface area contributed by atoms with Crippen molar-refractivity contribution in [2.24, 2.45) is 5.92 Å². The van der Waals surface area contributed by atoms with Crippen LogP contribution in [0.1, 0.15) is 37.8 Å². The van der Waals surface area contributed by atoms with Crippen LogP contribution in [0.3, 0.4) is 0 Å². The van der Waals surface area contributed by atoms with Crippen molar-refractivity contribution in [2.45, 2.75) is 32.2 Å². The van der Waals surface area contributed by atoms with E-state index in [1.807, 2.05) is 4.57 Å². The van der Waals surface area contributed by atoms with Gasteiger partial charge in [0.1, 0.15) is 10.7 Å². The van der Waals surface area contributed by atoms with E-state index < -0.39 is 0 Å². The number of aromatic nitrogens is 3. The number of fused-ring (bicyclic) bond motifs is 1. The number of halogens is 1. The fraction of sp³-hybridized carbons (Fsp3) is 0.400. The van der Waals surface area contributed by atoms with E-state index in [9.17, 15) is 0 Å². The van der Waals surface area contributed by atoms with Crippen molar-refractivity contribution in [3.63, 3.8) is 0 Å². The molecule has 0 spiro atoms. The molecule has 106 valence electrons. The summed E-state index contributed by atoms with van der Waals surface area (Å²) in [7, 11) is 0. The van der Waals surface area contributed by atoms with Gasteiger partial charge in [-0.25, -0.2) is 9.97 Å². The van der Waals surface area contributed by atoms with Gasteiger partial charge in [0.2, 0.25) is 0 Å². The average molecular weight is 300 g/mol. The van der Waals surface area contributed by atoms with Crippen molar-refractivity contribution in [3.8, 4) is 17.9 Å². The molecule has 6 heteroatoms. The SMILES string of the molecule is CC#Cc1c(Cl)nc2c(ncn2C2CCC(C#N)C2)c1N. The first-order valence-electron chi connectivity index (χ1n) is 6.79. The third-order valence-corrected chi connectivity index (χ3v) is 4.21. The minimum Gasteiger partial charge on any atom is -0.396 e. The number of pyridine rings is 1. The zero-order valence-electron chi connectivity index (χ0n) is 11.6. The molecule has 5 nitrogen and oxygen atoms in total. The van der Waals surface area contributed by atoms with Crippen LogP contribution in [0, 0.1) is 29.1 Å². The number of nitrogen functional groups attached to an aromatic ring is 1. The molecular weight excluding hydrogens is 286 g/mol. The zero-order valence-corrected chi connectivity index (χ0v) is 12.4. The Morgan fingerprint density at radius 2 is 2.29 bits per heavy atom. The molecule has 2 heterocycles. The summed E-state index contributed by atoms with van der Waals surface area (Å²) in [4.78, 5) is 8.77. The zero-order chi connectivity index (χ0) is 15.0. The van der Waals surface area contributed by atoms with Crippen molar-refractivity contribution in [3.05, 3.63) is 17.0 Å². The topological polar surface area (TPSA) is 80.5 Å². The third-order valence-electron chi connectivity index (χ3n) is 3.93. The summed E-state index contributed by atoms with van der Waals surface area (Å²) in [6.45, 7) is 1.72. The summed E-state index contributed by atoms with van der Waals surface area (Å²) in [5, 5.41) is 9.33. The lowest BCUT2D eigenvalue weighted by atomic mass is 10.1. The fourth-order valence-electron chi connectivity index (χ4n) is 2.87. The van der Waals surface area contributed by atoms with Crippen molar-refractivity contribution in [1.82, 2.24) is 14.5 Å². The first-order valence-corrected chi connectivity index (χ1v) is 7.17. The van der Waals surface area contributed by atoms with E-state index in [0.29, 0.717) is 27.6 Å². The predicted molar refractivity (Wildman–Crippen MR) is 81.5 cm³/mol. The maximum absolute atomic E-state index is 9.03. The van der Waals surface area contributed by atoms with Crippen LogP contribution in [0.15, 0.2) is 6.33 Å². The van der Waals surface area contributed by atoms with Crippen molar-refractivity contribution in [2.75, 3.05) is 5.73 Å². The van der Waals surface area contributed by atoms with Crippen molar-refractivity contribution >= 4 is 28.5 Å². The first-order chi connectivity index (χ1) is 10.2. The highest BCUT2D eigenvalue weighted by atomic mass is 35.5. The van der Waals surface area contributed by atoms with Gasteiger partial charge in [0, 0.05) is 12.0 Å². The largest absolute Gasteiger partial charge is 0.396 e. The Morgan fingerprint density at radius 3 is 2.95 bits per heavy atom. The van der Waals surface area contributed by atoms with Crippen LogP contribution in [0.4, 0.5) is 5.69 Å². The van der Waals surface area contributed by atoms with Crippen LogP contribution in [-0.2, 0) is 0 Å². The number of hydrogen-bond acceptors (Lipinski definition) is 4. The molecule has 21 heavy (non-hydrogen) atoms. The molecule has 1 saturated carbocycles. The number of nitriles is 1. The van der Waals surface area contributed by atoms with Crippen molar-refractivity contribution in [1.29, 1.82) is 5.26 Å². The van der Waals surface area contributed by atoms with Crippen LogP contribution < -0.4 is 5.73 Å². The summed E-state index contributed by atoms with van der Waals surface area (Å²) in [6, 6.07) is 2.56. The second-order valence-electron chi connectivity index (χ2n) is 5.18. The number of anilines is 1. The molecule has 1 aliphatic carbocycles. The van der Waals surface area contributed by atoms with Crippen LogP contribution in [-0.4, -0.2) is 14.5 Å². The van der Waals surface area contributed by atoms with Gasteiger partial charge in [-0.1, -0.05) is 17.5 Å². The Labute approximate surface area is 127 Å². The Bertz CT molecular complexity index is 805. The number of nitrogens with two attached hydrogens (primary N) is 1. The van der Waals surface area contributed by atoms with Gasteiger partial charge in [0.15, 0.2) is 5.65 Å². The molecule has 3 rings (SSSR count). The van der Waals surface area contributed by atoms with Gasteiger partial charge in [0.05, 0.1) is 23.6 Å². The summed E-state index contributed by atoms with van der Waals surface area (Å²) in [6.07, 6.45) is 4.40. The van der Waals surface area contributed by atoms with E-state index in [4.69, 9.17) is 22.6 Å². The van der Waals surface area contributed by atoms with E-state index in [1.54, 1.807) is 13.3 Å². The molecule has 0 radical (unpaired) electrons. The van der Waals surface area contributed by atoms with Gasteiger partial charge in [-0.3, -0.25) is 0 Å². The number of imidazole rings is 1. The monoisotopic (exact) mass is 299 g/mol. The van der Waals surface area contributed by atoms with Gasteiger partial charge >= 0.3 is 0 Å². The molecule has 0 bridgehead atoms. The van der Waals surface area contributed by atoms with E-state index in [0.717, 1.165) is 19.3 Å². The van der Waals surface area contributed by atoms with Crippen LogP contribution in [0.25, 0.3) is 11.2 Å². The van der Waals surface area contributed by atoms with E-state index in [2.05, 4.69) is 27.9 Å². The number of nitrogens with zero attached hydrogens (tertiary/aromatic N) is 4. The van der Waals surface area contributed by atoms with Gasteiger partial charge in [-0.05, 0) is 26.2 Å². The summed E-state index contributed by atoms with van der Waals surface area (Å²) >= 11 is 6.19. The Morgan fingerprint density at radius 1 is 1.48 bits per heavy atom. The molecule has 0 aromatic carbocycles. The molecule has 0 aliphatic heterocycles. The summed E-state index contributed by atoms with van der Waals surface area (Å²) < 4.78 is 1.98. The highest BCUT2D eigenvalue weighted by Gasteiger charge is 2.28. The van der Waals surface area contributed by atoms with E-state index in [-0.39, 0.29) is 12.0 Å². The minimum absolute atomic E-state index is 0.102. The summed E-state index contributed by atoms with van der Waals surface area (Å²) in [5.41, 5.74) is 8.40. The standard InChI is InChI=1S/C15H14ClN5/c1-2-3-11-12(18)13-15(20-14(11)16)21(8-19-13)10-5-4-9(6-10)7-17/h8-10H,4-6H2,1H3,(H2,18,20). The van der Waals surface area contributed by atoms with Crippen LogP contribution in [0.5, 0.6) is 0 Å². The summed E-state index contributed by atoms with van der Waals surface area (Å²) in [5.74, 6) is 5.75. The average Bonchev–Trinajstić information content (AvgIpc) is 3.09. The Kier molecular flexibility index (Phi) is 3.45. The van der Waals surface area contributed by atoms with Gasteiger partial charge in [-0.15, -0.1) is 5.92 Å². The molecule has 1 fully saturated rings. The second kappa shape index (κ2) is 5.27. The maximum atomic E-state index is 9.03. The molecule has 2 N–H and O–H groups in total. The van der Waals surface area contributed by atoms with Crippen LogP contribution in [0.2, 0.25) is 5.15 Å². The van der Waals surface area contributed by atoms with Gasteiger partial charge in [0.25, 0.3) is 0 Å². The first kappa shape index (κ1) is 13.7. The fourth-order valence-corrected chi connectivity index (χ4v) is 3.10. The molecule has 0 saturated heterocycles. The van der Waals surface area contributed by atoms with E-state index >= 15 is 0 Å². The molecule has 2 unspecified atom stereocenters. The molecule has 2 atom stereocenters. The lowest BCUT2D eigenvalue weighted by Crippen LogP contribution is -2.06. The molecule has 0 amide bonds. The smallest absolute Gasteiger partial charge is 0.164 e. The lowest BCUT2D eigenvalue weighted by molar-refractivity contribution is 0.517. The maximum Gasteiger partial charge on any atom is 0.164 e. The number of rotatable bonds is 1. The Balaban J connectivity index is 2.11. The molecule has 1 aliphatic rings. The van der Waals surface area contributed by atoms with E-state index in [1.165, 1.54) is 0 Å². The molecule has 2 aromatic rings. The van der Waals surface area contributed by atoms with Gasteiger partial charge in [-0.2, -0.15) is 5.26 Å². The van der Waals surface area contributed by atoms with Crippen LogP contribution >= 0.6 is 11.6 Å². The number of hydrogen-bond donors (Lipinski definition) is 1. The lowest BCUT2D eigenvalue weighted by Gasteiger charge is -2.12. The van der Waals surface area contributed by atoms with Crippen molar-refractivity contribution < 1.29 is 0 Å². The predicted octanol–water partition coefficient (Wildman–Crippen LogP) is 2.90. The highest BCUT2D eigenvalue weighted by molar-refractivity contribution is 6.31.